The van der Waals surface area contributed by atoms with Crippen LogP contribution in [0.1, 0.15) is 64.7 Å². The molecule has 0 fully saturated rings. The van der Waals surface area contributed by atoms with Crippen LogP contribution < -0.4 is 0 Å². The molecule has 0 saturated heterocycles. The van der Waals surface area contributed by atoms with Gasteiger partial charge in [0.05, 0.1) is 0 Å². The fraction of sp³-hybridized carbons (Fsp3) is 0.733. The van der Waals surface area contributed by atoms with E-state index in [1.807, 2.05) is 0 Å². The van der Waals surface area contributed by atoms with Crippen LogP contribution in [-0.4, -0.2) is 11.7 Å². The van der Waals surface area contributed by atoms with Gasteiger partial charge in [-0.2, -0.15) is 0 Å². The minimum Gasteiger partial charge on any atom is -0.396 e. The molecule has 0 spiro atoms. The van der Waals surface area contributed by atoms with Crippen LogP contribution in [0.5, 0.6) is 0 Å². The third kappa shape index (κ3) is 13.4. The third-order valence-electron chi connectivity index (χ3n) is 2.64. The Bertz CT molecular complexity index is 170. The number of aliphatic hydroxyl groups excluding tert-OH is 1. The number of unbranched alkanes of at least 4 members (excludes halogenated alkanes) is 7. The second kappa shape index (κ2) is 14.4. The Morgan fingerprint density at radius 3 is 1.94 bits per heavy atom. The van der Waals surface area contributed by atoms with Crippen LogP contribution in [-0.2, 0) is 0 Å². The first-order valence-electron chi connectivity index (χ1n) is 6.84. The highest BCUT2D eigenvalue weighted by Crippen LogP contribution is 2.05. The summed E-state index contributed by atoms with van der Waals surface area (Å²) in [5.74, 6) is 0. The van der Waals surface area contributed by atoms with Crippen molar-refractivity contribution in [2.24, 2.45) is 0 Å². The zero-order valence-corrected chi connectivity index (χ0v) is 10.8. The Morgan fingerprint density at radius 1 is 0.750 bits per heavy atom. The highest BCUT2D eigenvalue weighted by atomic mass is 16.2. The maximum atomic E-state index is 8.61. The maximum absolute atomic E-state index is 8.61. The molecule has 1 nitrogen and oxygen atoms in total. The van der Waals surface area contributed by atoms with Crippen LogP contribution in [0.2, 0.25) is 0 Å². The average molecular weight is 224 g/mol. The van der Waals surface area contributed by atoms with Gasteiger partial charge in [-0.3, -0.25) is 0 Å². The average Bonchev–Trinajstić information content (AvgIpc) is 2.31. The van der Waals surface area contributed by atoms with E-state index < -0.39 is 0 Å². The maximum Gasteiger partial charge on any atom is 0.0431 e. The van der Waals surface area contributed by atoms with Gasteiger partial charge in [0.1, 0.15) is 0 Å². The molecule has 0 unspecified atom stereocenters. The van der Waals surface area contributed by atoms with E-state index >= 15 is 0 Å². The standard InChI is InChI=1S/C15H28O/c1-2-3-4-5-6-7-8-9-10-11-12-13-14-15-16/h5-8,16H,2-4,9-15H2,1H3. The zero-order chi connectivity index (χ0) is 11.9. The van der Waals surface area contributed by atoms with Crippen molar-refractivity contribution >= 4 is 0 Å². The number of aliphatic hydroxyl groups is 1. The highest BCUT2D eigenvalue weighted by Gasteiger charge is 1.87. The van der Waals surface area contributed by atoms with Gasteiger partial charge in [-0.25, -0.2) is 0 Å². The summed E-state index contributed by atoms with van der Waals surface area (Å²) < 4.78 is 0. The predicted molar refractivity (Wildman–Crippen MR) is 72.6 cm³/mol. The summed E-state index contributed by atoms with van der Waals surface area (Å²) in [4.78, 5) is 0. The number of hydrogen-bond acceptors (Lipinski definition) is 1. The number of hydrogen-bond donors (Lipinski definition) is 1. The lowest BCUT2D eigenvalue weighted by atomic mass is 10.1. The molecular weight excluding hydrogens is 196 g/mol. The van der Waals surface area contributed by atoms with Gasteiger partial charge in [-0.05, 0) is 25.7 Å². The van der Waals surface area contributed by atoms with Gasteiger partial charge in [-0.1, -0.05) is 63.3 Å². The molecule has 0 aromatic rings. The molecule has 16 heavy (non-hydrogen) atoms. The van der Waals surface area contributed by atoms with Crippen LogP contribution in [0.15, 0.2) is 24.3 Å². The molecule has 0 rings (SSSR count). The first-order chi connectivity index (χ1) is 7.91. The second-order valence-corrected chi connectivity index (χ2v) is 4.28. The van der Waals surface area contributed by atoms with E-state index in [2.05, 4.69) is 31.2 Å². The van der Waals surface area contributed by atoms with E-state index in [1.165, 1.54) is 51.4 Å². The van der Waals surface area contributed by atoms with Crippen molar-refractivity contribution in [2.45, 2.75) is 64.7 Å². The monoisotopic (exact) mass is 224 g/mol. The van der Waals surface area contributed by atoms with E-state index in [4.69, 9.17) is 5.11 Å². The van der Waals surface area contributed by atoms with Gasteiger partial charge in [-0.15, -0.1) is 0 Å². The van der Waals surface area contributed by atoms with E-state index in [1.54, 1.807) is 0 Å². The Kier molecular flexibility index (Phi) is 13.9. The smallest absolute Gasteiger partial charge is 0.0431 e. The SMILES string of the molecule is CCCCC=CC=CCCCCCCCO. The minimum absolute atomic E-state index is 0.350. The molecule has 0 aliphatic rings. The molecule has 0 heterocycles. The van der Waals surface area contributed by atoms with E-state index in [0.29, 0.717) is 6.61 Å². The quantitative estimate of drug-likeness (QED) is 0.401. The summed E-state index contributed by atoms with van der Waals surface area (Å²) in [7, 11) is 0. The summed E-state index contributed by atoms with van der Waals surface area (Å²) >= 11 is 0. The summed E-state index contributed by atoms with van der Waals surface area (Å²) in [6, 6.07) is 0. The fourth-order valence-electron chi connectivity index (χ4n) is 1.58. The van der Waals surface area contributed by atoms with Gasteiger partial charge < -0.3 is 5.11 Å². The van der Waals surface area contributed by atoms with E-state index in [0.717, 1.165) is 6.42 Å². The first-order valence-corrected chi connectivity index (χ1v) is 6.84. The van der Waals surface area contributed by atoms with Crippen molar-refractivity contribution in [2.75, 3.05) is 6.61 Å². The summed E-state index contributed by atoms with van der Waals surface area (Å²) in [6.45, 7) is 2.57. The topological polar surface area (TPSA) is 20.2 Å². The lowest BCUT2D eigenvalue weighted by molar-refractivity contribution is 0.282. The van der Waals surface area contributed by atoms with Gasteiger partial charge in [0.25, 0.3) is 0 Å². The molecule has 94 valence electrons. The van der Waals surface area contributed by atoms with Crippen LogP contribution in [0.25, 0.3) is 0 Å². The highest BCUT2D eigenvalue weighted by molar-refractivity contribution is 5.02. The number of allylic oxidation sites excluding steroid dienone is 4. The van der Waals surface area contributed by atoms with Crippen molar-refractivity contribution in [1.82, 2.24) is 0 Å². The van der Waals surface area contributed by atoms with Crippen molar-refractivity contribution in [3.8, 4) is 0 Å². The minimum atomic E-state index is 0.350. The lowest BCUT2D eigenvalue weighted by Crippen LogP contribution is -1.82. The Hall–Kier alpha value is -0.560. The molecule has 0 aromatic carbocycles. The molecular formula is C15H28O. The molecule has 1 heteroatoms. The molecule has 1 N–H and O–H groups in total. The summed E-state index contributed by atoms with van der Waals surface area (Å²) in [5.41, 5.74) is 0. The second-order valence-electron chi connectivity index (χ2n) is 4.28. The van der Waals surface area contributed by atoms with Crippen molar-refractivity contribution in [3.05, 3.63) is 24.3 Å². The van der Waals surface area contributed by atoms with E-state index in [9.17, 15) is 0 Å². The van der Waals surface area contributed by atoms with Crippen molar-refractivity contribution in [1.29, 1.82) is 0 Å². The van der Waals surface area contributed by atoms with Crippen LogP contribution in [0.4, 0.5) is 0 Å². The van der Waals surface area contributed by atoms with Crippen molar-refractivity contribution < 1.29 is 5.11 Å². The zero-order valence-electron chi connectivity index (χ0n) is 10.8. The molecule has 0 radical (unpaired) electrons. The largest absolute Gasteiger partial charge is 0.396 e. The summed E-state index contributed by atoms with van der Waals surface area (Å²) in [6.07, 6.45) is 19.8. The van der Waals surface area contributed by atoms with Gasteiger partial charge in [0, 0.05) is 6.61 Å². The third-order valence-corrected chi connectivity index (χ3v) is 2.64. The molecule has 0 saturated carbocycles. The van der Waals surface area contributed by atoms with Gasteiger partial charge in [0.15, 0.2) is 0 Å². The molecule has 0 amide bonds. The molecule has 0 bridgehead atoms. The lowest BCUT2D eigenvalue weighted by Gasteiger charge is -1.96. The van der Waals surface area contributed by atoms with Crippen LogP contribution >= 0.6 is 0 Å². The van der Waals surface area contributed by atoms with Gasteiger partial charge >= 0.3 is 0 Å². The Morgan fingerprint density at radius 2 is 1.31 bits per heavy atom. The summed E-state index contributed by atoms with van der Waals surface area (Å²) in [5, 5.41) is 8.61. The van der Waals surface area contributed by atoms with Crippen molar-refractivity contribution in [3.63, 3.8) is 0 Å². The van der Waals surface area contributed by atoms with E-state index in [-0.39, 0.29) is 0 Å². The van der Waals surface area contributed by atoms with Crippen LogP contribution in [0.3, 0.4) is 0 Å². The number of rotatable bonds is 11. The Balaban J connectivity index is 3.12. The molecule has 0 aliphatic carbocycles. The van der Waals surface area contributed by atoms with Gasteiger partial charge in [0.2, 0.25) is 0 Å². The molecule has 0 atom stereocenters. The normalized spacial score (nSPS) is 11.9. The fourth-order valence-corrected chi connectivity index (χ4v) is 1.58. The van der Waals surface area contributed by atoms with Crippen LogP contribution in [0, 0.1) is 0 Å². The molecule has 0 aliphatic heterocycles. The predicted octanol–water partition coefficient (Wildman–Crippen LogP) is 4.62. The molecule has 0 aromatic heterocycles. The Labute approximate surface area is 101 Å². The first kappa shape index (κ1) is 15.4.